The first-order valence-electron chi connectivity index (χ1n) is 5.03. The molecule has 0 N–H and O–H groups in total. The number of non-ortho nitro benzene ring substituents is 1. The molecule has 88 valence electrons. The monoisotopic (exact) mass is 224 g/mol. The molecule has 5 nitrogen and oxygen atoms in total. The van der Waals surface area contributed by atoms with Gasteiger partial charge in [0, 0.05) is 12.6 Å². The lowest BCUT2D eigenvalue weighted by Crippen LogP contribution is -2.19. The van der Waals surface area contributed by atoms with E-state index in [0.29, 0.717) is 12.4 Å². The van der Waals surface area contributed by atoms with E-state index in [0.717, 1.165) is 12.1 Å². The van der Waals surface area contributed by atoms with Crippen molar-refractivity contribution in [3.8, 4) is 5.75 Å². The van der Waals surface area contributed by atoms with Gasteiger partial charge in [-0.3, -0.25) is 10.1 Å². The summed E-state index contributed by atoms with van der Waals surface area (Å²) < 4.78 is 5.49. The minimum atomic E-state index is -0.418. The van der Waals surface area contributed by atoms with Crippen molar-refractivity contribution in [2.45, 2.75) is 6.92 Å². The number of likely N-dealkylation sites (N-methyl/N-ethyl adjacent to an activating group) is 1. The molecular weight excluding hydrogens is 208 g/mol. The second-order valence-electron chi connectivity index (χ2n) is 3.86. The van der Waals surface area contributed by atoms with Crippen LogP contribution in [0.15, 0.2) is 18.2 Å². The molecule has 0 aromatic heterocycles. The highest BCUT2D eigenvalue weighted by Crippen LogP contribution is 2.23. The van der Waals surface area contributed by atoms with Crippen LogP contribution in [0, 0.1) is 17.0 Å². The molecular formula is C11H16N2O3. The summed E-state index contributed by atoms with van der Waals surface area (Å²) in [7, 11) is 3.90. The fraction of sp³-hybridized carbons (Fsp3) is 0.455. The molecule has 0 unspecified atom stereocenters. The van der Waals surface area contributed by atoms with Gasteiger partial charge >= 0.3 is 0 Å². The average Bonchev–Trinajstić information content (AvgIpc) is 2.20. The first-order chi connectivity index (χ1) is 7.50. The van der Waals surface area contributed by atoms with E-state index in [1.54, 1.807) is 6.07 Å². The van der Waals surface area contributed by atoms with Crippen LogP contribution in [-0.2, 0) is 0 Å². The van der Waals surface area contributed by atoms with Crippen LogP contribution in [0.5, 0.6) is 5.75 Å². The second kappa shape index (κ2) is 5.46. The van der Waals surface area contributed by atoms with Gasteiger partial charge in [-0.2, -0.15) is 0 Å². The molecule has 0 aliphatic heterocycles. The Labute approximate surface area is 94.8 Å². The van der Waals surface area contributed by atoms with E-state index in [2.05, 4.69) is 0 Å². The summed E-state index contributed by atoms with van der Waals surface area (Å²) in [6.07, 6.45) is 0. The van der Waals surface area contributed by atoms with Gasteiger partial charge in [0.1, 0.15) is 12.4 Å². The number of aryl methyl sites for hydroxylation is 1. The highest BCUT2D eigenvalue weighted by Gasteiger charge is 2.09. The predicted molar refractivity (Wildman–Crippen MR) is 61.9 cm³/mol. The Morgan fingerprint density at radius 2 is 2.12 bits per heavy atom. The maximum atomic E-state index is 10.6. The molecule has 1 aromatic carbocycles. The molecule has 5 heteroatoms. The standard InChI is InChI=1S/C11H16N2O3/c1-9-4-5-10(13(14)15)8-11(9)16-7-6-12(2)3/h4-5,8H,6-7H2,1-3H3. The molecule has 0 saturated carbocycles. The Morgan fingerprint density at radius 1 is 1.44 bits per heavy atom. The topological polar surface area (TPSA) is 55.6 Å². The average molecular weight is 224 g/mol. The molecule has 0 saturated heterocycles. The largest absolute Gasteiger partial charge is 0.492 e. The van der Waals surface area contributed by atoms with Crippen LogP contribution in [0.25, 0.3) is 0 Å². The Balaban J connectivity index is 2.70. The van der Waals surface area contributed by atoms with Gasteiger partial charge in [-0.1, -0.05) is 0 Å². The smallest absolute Gasteiger partial charge is 0.273 e. The molecule has 16 heavy (non-hydrogen) atoms. The van der Waals surface area contributed by atoms with Crippen LogP contribution in [-0.4, -0.2) is 37.1 Å². The molecule has 0 aliphatic carbocycles. The number of hydrogen-bond donors (Lipinski definition) is 0. The van der Waals surface area contributed by atoms with Crippen molar-refractivity contribution in [3.63, 3.8) is 0 Å². The lowest BCUT2D eigenvalue weighted by molar-refractivity contribution is -0.384. The molecule has 0 atom stereocenters. The fourth-order valence-electron chi connectivity index (χ4n) is 1.20. The van der Waals surface area contributed by atoms with Crippen LogP contribution < -0.4 is 4.74 Å². The minimum absolute atomic E-state index is 0.0606. The van der Waals surface area contributed by atoms with Gasteiger partial charge < -0.3 is 9.64 Å². The first kappa shape index (κ1) is 12.4. The van der Waals surface area contributed by atoms with E-state index in [1.165, 1.54) is 12.1 Å². The molecule has 0 bridgehead atoms. The van der Waals surface area contributed by atoms with Gasteiger partial charge in [0.2, 0.25) is 0 Å². The van der Waals surface area contributed by atoms with Crippen molar-refractivity contribution in [3.05, 3.63) is 33.9 Å². The van der Waals surface area contributed by atoms with Crippen molar-refractivity contribution < 1.29 is 9.66 Å². The van der Waals surface area contributed by atoms with Crippen molar-refractivity contribution in [2.24, 2.45) is 0 Å². The van der Waals surface area contributed by atoms with E-state index in [-0.39, 0.29) is 5.69 Å². The summed E-state index contributed by atoms with van der Waals surface area (Å²) in [5, 5.41) is 10.6. The van der Waals surface area contributed by atoms with E-state index in [4.69, 9.17) is 4.74 Å². The van der Waals surface area contributed by atoms with Gasteiger partial charge in [0.15, 0.2) is 0 Å². The van der Waals surface area contributed by atoms with Crippen molar-refractivity contribution in [1.82, 2.24) is 4.90 Å². The van der Waals surface area contributed by atoms with Gasteiger partial charge in [0.25, 0.3) is 5.69 Å². The zero-order valence-corrected chi connectivity index (χ0v) is 9.77. The number of nitro groups is 1. The normalized spacial score (nSPS) is 10.5. The van der Waals surface area contributed by atoms with Crippen LogP contribution in [0.3, 0.4) is 0 Å². The van der Waals surface area contributed by atoms with Crippen LogP contribution in [0.2, 0.25) is 0 Å². The molecule has 0 aliphatic rings. The summed E-state index contributed by atoms with van der Waals surface area (Å²) >= 11 is 0. The van der Waals surface area contributed by atoms with Crippen molar-refractivity contribution in [1.29, 1.82) is 0 Å². The van der Waals surface area contributed by atoms with Gasteiger partial charge in [-0.15, -0.1) is 0 Å². The SMILES string of the molecule is Cc1ccc([N+](=O)[O-])cc1OCCN(C)C. The number of nitrogens with zero attached hydrogens (tertiary/aromatic N) is 2. The third-order valence-electron chi connectivity index (χ3n) is 2.18. The maximum Gasteiger partial charge on any atom is 0.273 e. The lowest BCUT2D eigenvalue weighted by Gasteiger charge is -2.12. The van der Waals surface area contributed by atoms with Crippen LogP contribution >= 0.6 is 0 Å². The molecule has 1 rings (SSSR count). The number of ether oxygens (including phenoxy) is 1. The Hall–Kier alpha value is -1.62. The molecule has 1 aromatic rings. The van der Waals surface area contributed by atoms with Gasteiger partial charge in [-0.05, 0) is 32.6 Å². The van der Waals surface area contributed by atoms with Gasteiger partial charge in [0.05, 0.1) is 11.0 Å². The van der Waals surface area contributed by atoms with E-state index in [9.17, 15) is 10.1 Å². The quantitative estimate of drug-likeness (QED) is 0.565. The fourth-order valence-corrected chi connectivity index (χ4v) is 1.20. The molecule has 0 amide bonds. The number of nitro benzene ring substituents is 1. The third kappa shape index (κ3) is 3.51. The molecule has 0 radical (unpaired) electrons. The highest BCUT2D eigenvalue weighted by molar-refractivity contribution is 5.43. The zero-order valence-electron chi connectivity index (χ0n) is 9.77. The number of rotatable bonds is 5. The molecule has 0 spiro atoms. The molecule has 0 fully saturated rings. The highest BCUT2D eigenvalue weighted by atomic mass is 16.6. The molecule has 0 heterocycles. The summed E-state index contributed by atoms with van der Waals surface area (Å²) in [5.41, 5.74) is 0.967. The summed E-state index contributed by atoms with van der Waals surface area (Å²) in [6.45, 7) is 3.17. The van der Waals surface area contributed by atoms with E-state index >= 15 is 0 Å². The Morgan fingerprint density at radius 3 is 2.69 bits per heavy atom. The number of hydrogen-bond acceptors (Lipinski definition) is 4. The van der Waals surface area contributed by atoms with Crippen LogP contribution in [0.1, 0.15) is 5.56 Å². The second-order valence-corrected chi connectivity index (χ2v) is 3.86. The minimum Gasteiger partial charge on any atom is -0.492 e. The third-order valence-corrected chi connectivity index (χ3v) is 2.18. The Kier molecular flexibility index (Phi) is 4.25. The van der Waals surface area contributed by atoms with E-state index < -0.39 is 4.92 Å². The maximum absolute atomic E-state index is 10.6. The predicted octanol–water partition coefficient (Wildman–Crippen LogP) is 1.84. The van der Waals surface area contributed by atoms with Crippen molar-refractivity contribution in [2.75, 3.05) is 27.2 Å². The number of benzene rings is 1. The van der Waals surface area contributed by atoms with Crippen LogP contribution in [0.4, 0.5) is 5.69 Å². The zero-order chi connectivity index (χ0) is 12.1. The summed E-state index contributed by atoms with van der Waals surface area (Å²) in [4.78, 5) is 12.2. The van der Waals surface area contributed by atoms with E-state index in [1.807, 2.05) is 25.9 Å². The Bertz CT molecular complexity index is 377. The van der Waals surface area contributed by atoms with Gasteiger partial charge in [-0.25, -0.2) is 0 Å². The van der Waals surface area contributed by atoms with Crippen molar-refractivity contribution >= 4 is 5.69 Å². The first-order valence-corrected chi connectivity index (χ1v) is 5.03. The summed E-state index contributed by atoms with van der Waals surface area (Å²) in [5.74, 6) is 0.580. The summed E-state index contributed by atoms with van der Waals surface area (Å²) in [6, 6.07) is 4.64. The lowest BCUT2D eigenvalue weighted by atomic mass is 10.2.